The Balaban J connectivity index is 1.18. The van der Waals surface area contributed by atoms with Crippen molar-refractivity contribution in [1.82, 2.24) is 15.0 Å². The Morgan fingerprint density at radius 2 is 1.90 bits per heavy atom. The second-order valence-corrected chi connectivity index (χ2v) is 11.3. The molecule has 214 valence electrons. The van der Waals surface area contributed by atoms with Gasteiger partial charge in [0.25, 0.3) is 0 Å². The topological polar surface area (TPSA) is 149 Å². The van der Waals surface area contributed by atoms with Crippen LogP contribution in [0.5, 0.6) is 5.75 Å². The summed E-state index contributed by atoms with van der Waals surface area (Å²) in [5.74, 6) is 1.18. The van der Waals surface area contributed by atoms with E-state index < -0.39 is 6.35 Å². The maximum Gasteiger partial charge on any atom is 0.244 e. The van der Waals surface area contributed by atoms with E-state index >= 15 is 0 Å². The van der Waals surface area contributed by atoms with Gasteiger partial charge in [-0.05, 0) is 42.5 Å². The van der Waals surface area contributed by atoms with Gasteiger partial charge in [0.2, 0.25) is 12.1 Å². The van der Waals surface area contributed by atoms with Gasteiger partial charge in [-0.3, -0.25) is 9.69 Å². The second-order valence-electron chi connectivity index (χ2n) is 11.3. The standard InChI is InChI=1S/C30H33N5O6/c1-30(2,3)26-15-27(34-41-26)33-29(38)31-18-4-7-24-17(12-18)13-25(40-24)28(37)22-14-19-20(16-35-8-10-39-11-9-35)23(36)6-5-21(19)32-22/h4-7,12-15,29,31-32,36,38H,8-11,16H2,1-3H3,(H,33,34). The van der Waals surface area contributed by atoms with Crippen LogP contribution in [-0.4, -0.2) is 63.7 Å². The van der Waals surface area contributed by atoms with Crippen LogP contribution in [0.25, 0.3) is 21.9 Å². The molecule has 5 N–H and O–H groups in total. The number of aliphatic hydroxyl groups excluding tert-OH is 1. The number of furan rings is 1. The van der Waals surface area contributed by atoms with Crippen LogP contribution in [0.2, 0.25) is 0 Å². The molecule has 1 saturated heterocycles. The van der Waals surface area contributed by atoms with Crippen molar-refractivity contribution in [2.45, 2.75) is 39.1 Å². The van der Waals surface area contributed by atoms with E-state index in [0.29, 0.717) is 53.7 Å². The molecule has 0 bridgehead atoms. The van der Waals surface area contributed by atoms with Gasteiger partial charge in [-0.25, -0.2) is 0 Å². The van der Waals surface area contributed by atoms with Crippen LogP contribution >= 0.6 is 0 Å². The first kappa shape index (κ1) is 26.9. The van der Waals surface area contributed by atoms with Crippen molar-refractivity contribution in [2.24, 2.45) is 0 Å². The highest BCUT2D eigenvalue weighted by molar-refractivity contribution is 6.10. The number of aromatic hydroxyl groups is 1. The summed E-state index contributed by atoms with van der Waals surface area (Å²) in [6, 6.07) is 13.9. The first-order valence-electron chi connectivity index (χ1n) is 13.5. The Hall–Kier alpha value is -4.32. The monoisotopic (exact) mass is 559 g/mol. The number of fused-ring (bicyclic) bond motifs is 2. The van der Waals surface area contributed by atoms with Crippen molar-refractivity contribution >= 4 is 39.2 Å². The van der Waals surface area contributed by atoms with Crippen LogP contribution in [-0.2, 0) is 16.7 Å². The third-order valence-corrected chi connectivity index (χ3v) is 7.20. The number of morpholine rings is 1. The lowest BCUT2D eigenvalue weighted by molar-refractivity contribution is 0.0341. The van der Waals surface area contributed by atoms with E-state index in [9.17, 15) is 15.0 Å². The van der Waals surface area contributed by atoms with Gasteiger partial charge in [0.15, 0.2) is 11.6 Å². The molecule has 0 saturated carbocycles. The molecule has 4 heterocycles. The van der Waals surface area contributed by atoms with E-state index in [1.54, 1.807) is 48.5 Å². The number of aliphatic hydroxyl groups is 1. The minimum Gasteiger partial charge on any atom is -0.508 e. The molecule has 1 fully saturated rings. The predicted molar refractivity (Wildman–Crippen MR) is 154 cm³/mol. The number of aromatic nitrogens is 2. The smallest absolute Gasteiger partial charge is 0.244 e. The minimum absolute atomic E-state index is 0.179. The molecule has 11 heteroatoms. The molecule has 6 rings (SSSR count). The number of benzene rings is 2. The van der Waals surface area contributed by atoms with Crippen molar-refractivity contribution in [3.8, 4) is 5.75 Å². The molecule has 2 aromatic carbocycles. The SMILES string of the molecule is CC(C)(C)c1cc(NC(O)Nc2ccc3oc(C(=O)c4cc5c(CN6CCOCC6)c(O)ccc5[nH]4)cc3c2)no1. The largest absolute Gasteiger partial charge is 0.508 e. The molecule has 11 nitrogen and oxygen atoms in total. The van der Waals surface area contributed by atoms with E-state index in [2.05, 4.69) is 25.7 Å². The predicted octanol–water partition coefficient (Wildman–Crippen LogP) is 4.77. The quantitative estimate of drug-likeness (QED) is 0.133. The van der Waals surface area contributed by atoms with Gasteiger partial charge >= 0.3 is 0 Å². The summed E-state index contributed by atoms with van der Waals surface area (Å²) in [5.41, 5.74) is 2.85. The zero-order valence-corrected chi connectivity index (χ0v) is 23.2. The highest BCUT2D eigenvalue weighted by Crippen LogP contribution is 2.31. The molecule has 41 heavy (non-hydrogen) atoms. The highest BCUT2D eigenvalue weighted by atomic mass is 16.5. The number of ether oxygens (including phenoxy) is 1. The molecule has 0 spiro atoms. The number of aromatic amines is 1. The number of nitrogens with one attached hydrogen (secondary N) is 3. The van der Waals surface area contributed by atoms with Gasteiger partial charge in [-0.15, -0.1) is 0 Å². The first-order valence-corrected chi connectivity index (χ1v) is 13.5. The van der Waals surface area contributed by atoms with Gasteiger partial charge in [0.05, 0.1) is 18.9 Å². The Kier molecular flexibility index (Phi) is 6.94. The number of phenolic OH excluding ortho intramolecular Hbond substituents is 1. The van der Waals surface area contributed by atoms with Gasteiger partial charge in [-0.1, -0.05) is 25.9 Å². The van der Waals surface area contributed by atoms with Crippen LogP contribution in [0.1, 0.15) is 48.3 Å². The maximum absolute atomic E-state index is 13.4. The van der Waals surface area contributed by atoms with Gasteiger partial charge in [0.1, 0.15) is 17.1 Å². The van der Waals surface area contributed by atoms with Crippen LogP contribution < -0.4 is 10.6 Å². The van der Waals surface area contributed by atoms with E-state index in [-0.39, 0.29) is 22.7 Å². The van der Waals surface area contributed by atoms with E-state index in [0.717, 1.165) is 29.6 Å². The minimum atomic E-state index is -1.13. The maximum atomic E-state index is 13.4. The van der Waals surface area contributed by atoms with E-state index in [1.165, 1.54) is 0 Å². The molecule has 0 radical (unpaired) electrons. The number of rotatable bonds is 8. The van der Waals surface area contributed by atoms with Crippen molar-refractivity contribution in [1.29, 1.82) is 0 Å². The lowest BCUT2D eigenvalue weighted by Gasteiger charge is -2.27. The summed E-state index contributed by atoms with van der Waals surface area (Å²) in [6.45, 7) is 9.49. The number of hydrogen-bond acceptors (Lipinski definition) is 10. The number of carbonyl (C=O) groups excluding carboxylic acids is 1. The first-order chi connectivity index (χ1) is 19.6. The zero-order valence-electron chi connectivity index (χ0n) is 23.2. The molecule has 0 aliphatic carbocycles. The highest BCUT2D eigenvalue weighted by Gasteiger charge is 2.22. The summed E-state index contributed by atoms with van der Waals surface area (Å²) in [7, 11) is 0. The number of H-pyrrole nitrogens is 1. The average Bonchev–Trinajstić information content (AvgIpc) is 3.68. The Morgan fingerprint density at radius 1 is 1.10 bits per heavy atom. The van der Waals surface area contributed by atoms with Crippen LogP contribution in [0.4, 0.5) is 11.5 Å². The summed E-state index contributed by atoms with van der Waals surface area (Å²) < 4.78 is 16.7. The lowest BCUT2D eigenvalue weighted by Crippen LogP contribution is -2.35. The second kappa shape index (κ2) is 10.6. The van der Waals surface area contributed by atoms with Crippen molar-refractivity contribution in [3.05, 3.63) is 71.3 Å². The summed E-state index contributed by atoms with van der Waals surface area (Å²) in [5, 5.41) is 32.3. The van der Waals surface area contributed by atoms with Gasteiger partial charge < -0.3 is 39.5 Å². The third kappa shape index (κ3) is 5.64. The Bertz CT molecular complexity index is 1710. The number of ketones is 1. The molecule has 0 amide bonds. The molecule has 3 aromatic heterocycles. The summed E-state index contributed by atoms with van der Waals surface area (Å²) in [4.78, 5) is 18.8. The van der Waals surface area contributed by atoms with Gasteiger partial charge in [0, 0.05) is 58.7 Å². The molecule has 5 aromatic rings. The van der Waals surface area contributed by atoms with E-state index in [1.807, 2.05) is 20.8 Å². The number of nitrogens with zero attached hydrogens (tertiary/aromatic N) is 2. The van der Waals surface area contributed by atoms with Crippen molar-refractivity contribution in [3.63, 3.8) is 0 Å². The Morgan fingerprint density at radius 3 is 2.66 bits per heavy atom. The van der Waals surface area contributed by atoms with Crippen molar-refractivity contribution < 1.29 is 28.7 Å². The lowest BCUT2D eigenvalue weighted by atomic mass is 9.93. The van der Waals surface area contributed by atoms with Crippen LogP contribution in [0, 0.1) is 0 Å². The average molecular weight is 560 g/mol. The Labute approximate surface area is 236 Å². The summed E-state index contributed by atoms with van der Waals surface area (Å²) in [6.07, 6.45) is -1.13. The van der Waals surface area contributed by atoms with Gasteiger partial charge in [-0.2, -0.15) is 0 Å². The molecule has 1 aliphatic rings. The van der Waals surface area contributed by atoms with Crippen LogP contribution in [0.15, 0.2) is 57.5 Å². The molecule has 1 aliphatic heterocycles. The van der Waals surface area contributed by atoms with Crippen LogP contribution in [0.3, 0.4) is 0 Å². The molecule has 1 unspecified atom stereocenters. The third-order valence-electron chi connectivity index (χ3n) is 7.20. The fraction of sp³-hybridized carbons (Fsp3) is 0.333. The fourth-order valence-corrected chi connectivity index (χ4v) is 4.93. The number of carbonyl (C=O) groups is 1. The molecular weight excluding hydrogens is 526 g/mol. The molecule has 1 atom stereocenters. The van der Waals surface area contributed by atoms with Crippen molar-refractivity contribution in [2.75, 3.05) is 36.9 Å². The van der Waals surface area contributed by atoms with E-state index in [4.69, 9.17) is 13.7 Å². The number of hydrogen-bond donors (Lipinski definition) is 5. The number of anilines is 2. The summed E-state index contributed by atoms with van der Waals surface area (Å²) >= 11 is 0. The zero-order chi connectivity index (χ0) is 28.7. The number of phenols is 1. The fourth-order valence-electron chi connectivity index (χ4n) is 4.93. The molecular formula is C30H33N5O6. The normalized spacial score (nSPS) is 15.4.